The van der Waals surface area contributed by atoms with Crippen molar-refractivity contribution in [1.29, 1.82) is 0 Å². The minimum Gasteiger partial charge on any atom is -0.493 e. The predicted molar refractivity (Wildman–Crippen MR) is 92.8 cm³/mol. The summed E-state index contributed by atoms with van der Waals surface area (Å²) >= 11 is 0. The summed E-state index contributed by atoms with van der Waals surface area (Å²) in [5, 5.41) is 0. The Labute approximate surface area is 143 Å². The Hall–Kier alpha value is -2.30. The highest BCUT2D eigenvalue weighted by molar-refractivity contribution is 5.76. The molecule has 0 saturated carbocycles. The fourth-order valence-electron chi connectivity index (χ4n) is 3.08. The molecule has 1 fully saturated rings. The first-order valence-corrected chi connectivity index (χ1v) is 8.64. The van der Waals surface area contributed by atoms with Crippen LogP contribution in [0.25, 0.3) is 0 Å². The largest absolute Gasteiger partial charge is 0.493 e. The van der Waals surface area contributed by atoms with Crippen LogP contribution in [-0.2, 0) is 11.3 Å². The van der Waals surface area contributed by atoms with Crippen LogP contribution in [0.1, 0.15) is 24.8 Å². The van der Waals surface area contributed by atoms with Crippen LogP contribution in [0.2, 0.25) is 0 Å². The monoisotopic (exact) mass is 327 g/mol. The Morgan fingerprint density at radius 1 is 1.33 bits per heavy atom. The third-order valence-electron chi connectivity index (χ3n) is 4.52. The Morgan fingerprint density at radius 2 is 2.17 bits per heavy atom. The lowest BCUT2D eigenvalue weighted by molar-refractivity contribution is -0.133. The van der Waals surface area contributed by atoms with Gasteiger partial charge in [0.25, 0.3) is 0 Å². The van der Waals surface area contributed by atoms with Crippen molar-refractivity contribution < 1.29 is 9.53 Å². The summed E-state index contributed by atoms with van der Waals surface area (Å²) in [7, 11) is 0. The zero-order valence-corrected chi connectivity index (χ0v) is 14.2. The van der Waals surface area contributed by atoms with E-state index in [-0.39, 0.29) is 5.91 Å². The molecule has 2 heterocycles. The summed E-state index contributed by atoms with van der Waals surface area (Å²) in [6, 6.07) is 8.13. The molecule has 5 nitrogen and oxygen atoms in total. The molecule has 0 radical (unpaired) electrons. The molecule has 5 heteroatoms. The number of imidazole rings is 1. The van der Waals surface area contributed by atoms with Crippen molar-refractivity contribution in [2.75, 3.05) is 19.7 Å². The molecule has 0 spiro atoms. The van der Waals surface area contributed by atoms with E-state index in [4.69, 9.17) is 4.74 Å². The fourth-order valence-corrected chi connectivity index (χ4v) is 3.08. The molecule has 1 aromatic carbocycles. The van der Waals surface area contributed by atoms with Crippen molar-refractivity contribution in [3.63, 3.8) is 0 Å². The highest BCUT2D eigenvalue weighted by Gasteiger charge is 2.23. The summed E-state index contributed by atoms with van der Waals surface area (Å²) in [4.78, 5) is 18.4. The standard InChI is InChI=1S/C19H25N3O2/c1-16-4-6-18(7-5-16)24-14-17-3-2-10-22(13-17)19(23)8-11-21-12-9-20-15-21/h4-7,9,12,15,17H,2-3,8,10-11,13-14H2,1H3/t17-/m1/s1. The summed E-state index contributed by atoms with van der Waals surface area (Å²) < 4.78 is 7.84. The Balaban J connectivity index is 1.45. The van der Waals surface area contributed by atoms with Gasteiger partial charge in [0.05, 0.1) is 12.9 Å². The first-order valence-electron chi connectivity index (χ1n) is 8.64. The van der Waals surface area contributed by atoms with Crippen LogP contribution in [0.15, 0.2) is 43.0 Å². The van der Waals surface area contributed by atoms with Gasteiger partial charge in [-0.1, -0.05) is 17.7 Å². The molecule has 3 rings (SSSR count). The minimum atomic E-state index is 0.226. The van der Waals surface area contributed by atoms with Crippen LogP contribution >= 0.6 is 0 Å². The van der Waals surface area contributed by atoms with E-state index in [1.807, 2.05) is 27.8 Å². The molecule has 1 amide bonds. The maximum absolute atomic E-state index is 12.4. The van der Waals surface area contributed by atoms with Crippen molar-refractivity contribution >= 4 is 5.91 Å². The van der Waals surface area contributed by atoms with Gasteiger partial charge in [0, 0.05) is 44.4 Å². The fraction of sp³-hybridized carbons (Fsp3) is 0.474. The Kier molecular flexibility index (Phi) is 5.51. The molecule has 0 unspecified atom stereocenters. The summed E-state index contributed by atoms with van der Waals surface area (Å²) in [6.45, 7) is 5.10. The molecular formula is C19H25N3O2. The summed E-state index contributed by atoms with van der Waals surface area (Å²) in [5.74, 6) is 1.55. The quantitative estimate of drug-likeness (QED) is 0.819. The van der Waals surface area contributed by atoms with E-state index in [9.17, 15) is 4.79 Å². The molecule has 0 N–H and O–H groups in total. The number of likely N-dealkylation sites (tertiary alicyclic amines) is 1. The van der Waals surface area contributed by atoms with Crippen molar-refractivity contribution in [2.45, 2.75) is 32.7 Å². The van der Waals surface area contributed by atoms with Crippen molar-refractivity contribution in [1.82, 2.24) is 14.5 Å². The molecule has 1 saturated heterocycles. The highest BCUT2D eigenvalue weighted by atomic mass is 16.5. The van der Waals surface area contributed by atoms with Crippen LogP contribution in [-0.4, -0.2) is 40.1 Å². The van der Waals surface area contributed by atoms with E-state index in [1.54, 1.807) is 12.5 Å². The summed E-state index contributed by atoms with van der Waals surface area (Å²) in [5.41, 5.74) is 1.23. The lowest BCUT2D eigenvalue weighted by atomic mass is 9.98. The van der Waals surface area contributed by atoms with Crippen LogP contribution in [0.5, 0.6) is 5.75 Å². The average Bonchev–Trinajstić information content (AvgIpc) is 3.13. The third-order valence-corrected chi connectivity index (χ3v) is 4.52. The van der Waals surface area contributed by atoms with E-state index in [2.05, 4.69) is 24.0 Å². The number of ether oxygens (including phenoxy) is 1. The molecule has 1 aliphatic heterocycles. The van der Waals surface area contributed by atoms with Crippen LogP contribution < -0.4 is 4.74 Å². The van der Waals surface area contributed by atoms with Gasteiger partial charge in [-0.2, -0.15) is 0 Å². The predicted octanol–water partition coefficient (Wildman–Crippen LogP) is 2.90. The molecule has 128 valence electrons. The minimum absolute atomic E-state index is 0.226. The topological polar surface area (TPSA) is 47.4 Å². The number of benzene rings is 1. The number of piperidine rings is 1. The lowest BCUT2D eigenvalue weighted by Gasteiger charge is -2.32. The zero-order chi connectivity index (χ0) is 16.8. The Bertz CT molecular complexity index is 637. The van der Waals surface area contributed by atoms with Gasteiger partial charge in [-0.25, -0.2) is 4.98 Å². The lowest BCUT2D eigenvalue weighted by Crippen LogP contribution is -2.41. The van der Waals surface area contributed by atoms with Crippen molar-refractivity contribution in [3.8, 4) is 5.75 Å². The van der Waals surface area contributed by atoms with Gasteiger partial charge in [-0.3, -0.25) is 4.79 Å². The third kappa shape index (κ3) is 4.60. The molecular weight excluding hydrogens is 302 g/mol. The molecule has 1 atom stereocenters. The number of hydrogen-bond acceptors (Lipinski definition) is 3. The van der Waals surface area contributed by atoms with Gasteiger partial charge in [0.15, 0.2) is 0 Å². The van der Waals surface area contributed by atoms with Gasteiger partial charge in [-0.15, -0.1) is 0 Å². The van der Waals surface area contributed by atoms with Gasteiger partial charge >= 0.3 is 0 Å². The number of carbonyl (C=O) groups excluding carboxylic acids is 1. The first-order chi connectivity index (χ1) is 11.7. The second-order valence-corrected chi connectivity index (χ2v) is 6.52. The molecule has 1 aliphatic rings. The number of aryl methyl sites for hydroxylation is 2. The Morgan fingerprint density at radius 3 is 2.92 bits per heavy atom. The van der Waals surface area contributed by atoms with E-state index < -0.39 is 0 Å². The van der Waals surface area contributed by atoms with E-state index in [0.29, 0.717) is 25.5 Å². The number of carbonyl (C=O) groups is 1. The number of nitrogens with zero attached hydrogens (tertiary/aromatic N) is 3. The first kappa shape index (κ1) is 16.6. The number of rotatable bonds is 6. The summed E-state index contributed by atoms with van der Waals surface area (Å²) in [6.07, 6.45) is 8.09. The molecule has 24 heavy (non-hydrogen) atoms. The van der Waals surface area contributed by atoms with Gasteiger partial charge in [-0.05, 0) is 31.9 Å². The normalized spacial score (nSPS) is 17.7. The van der Waals surface area contributed by atoms with Crippen molar-refractivity contribution in [2.24, 2.45) is 5.92 Å². The van der Waals surface area contributed by atoms with Crippen molar-refractivity contribution in [3.05, 3.63) is 48.5 Å². The van der Waals surface area contributed by atoms with E-state index in [1.165, 1.54) is 5.56 Å². The SMILES string of the molecule is Cc1ccc(OC[C@@H]2CCCN(C(=O)CCn3ccnc3)C2)cc1. The molecule has 1 aromatic heterocycles. The average molecular weight is 327 g/mol. The van der Waals surface area contributed by atoms with E-state index in [0.717, 1.165) is 31.7 Å². The van der Waals surface area contributed by atoms with Gasteiger partial charge in [0.1, 0.15) is 5.75 Å². The van der Waals surface area contributed by atoms with Gasteiger partial charge < -0.3 is 14.2 Å². The van der Waals surface area contributed by atoms with Crippen LogP contribution in [0.4, 0.5) is 0 Å². The molecule has 0 aliphatic carbocycles. The maximum Gasteiger partial charge on any atom is 0.224 e. The van der Waals surface area contributed by atoms with Crippen LogP contribution in [0, 0.1) is 12.8 Å². The van der Waals surface area contributed by atoms with E-state index >= 15 is 0 Å². The maximum atomic E-state index is 12.4. The second kappa shape index (κ2) is 7.99. The molecule has 0 bridgehead atoms. The number of hydrogen-bond donors (Lipinski definition) is 0. The zero-order valence-electron chi connectivity index (χ0n) is 14.2. The second-order valence-electron chi connectivity index (χ2n) is 6.52. The smallest absolute Gasteiger partial charge is 0.224 e. The highest BCUT2D eigenvalue weighted by Crippen LogP contribution is 2.20. The number of amides is 1. The van der Waals surface area contributed by atoms with Crippen LogP contribution in [0.3, 0.4) is 0 Å². The van der Waals surface area contributed by atoms with Gasteiger partial charge in [0.2, 0.25) is 5.91 Å². The number of aromatic nitrogens is 2. The molecule has 2 aromatic rings.